The van der Waals surface area contributed by atoms with Crippen molar-refractivity contribution in [3.05, 3.63) is 35.9 Å². The van der Waals surface area contributed by atoms with Crippen molar-refractivity contribution in [1.29, 1.82) is 0 Å². The summed E-state index contributed by atoms with van der Waals surface area (Å²) < 4.78 is 5.01. The number of benzene rings is 1. The molecule has 1 aromatic rings. The summed E-state index contributed by atoms with van der Waals surface area (Å²) in [7, 11) is 0. The molecule has 0 spiro atoms. The van der Waals surface area contributed by atoms with Gasteiger partial charge in [0.1, 0.15) is 6.10 Å². The molecule has 0 radical (unpaired) electrons. The van der Waals surface area contributed by atoms with Crippen LogP contribution in [0.25, 0.3) is 0 Å². The number of rotatable bonds is 7. The van der Waals surface area contributed by atoms with Crippen molar-refractivity contribution in [3.8, 4) is 0 Å². The molecule has 0 aromatic heterocycles. The average Bonchev–Trinajstić information content (AvgIpc) is 2.37. The van der Waals surface area contributed by atoms with Gasteiger partial charge in [-0.2, -0.15) is 0 Å². The second kappa shape index (κ2) is 7.81. The van der Waals surface area contributed by atoms with Crippen LogP contribution in [0.2, 0.25) is 0 Å². The van der Waals surface area contributed by atoms with Crippen LogP contribution in [0.15, 0.2) is 30.3 Å². The first kappa shape index (κ1) is 13.7. The Morgan fingerprint density at radius 3 is 2.53 bits per heavy atom. The molecule has 4 heteroatoms. The van der Waals surface area contributed by atoms with Crippen molar-refractivity contribution in [2.75, 3.05) is 13.2 Å². The zero-order valence-electron chi connectivity index (χ0n) is 9.71. The molecule has 1 unspecified atom stereocenters. The highest BCUT2D eigenvalue weighted by atomic mass is 16.6. The molecule has 0 aliphatic rings. The summed E-state index contributed by atoms with van der Waals surface area (Å²) >= 11 is 0. The van der Waals surface area contributed by atoms with Crippen LogP contribution in [0, 0.1) is 0 Å². The molecule has 4 nitrogen and oxygen atoms in total. The summed E-state index contributed by atoms with van der Waals surface area (Å²) in [5.41, 5.74) is 1.08. The zero-order chi connectivity index (χ0) is 12.5. The summed E-state index contributed by atoms with van der Waals surface area (Å²) in [4.78, 5) is 11.4. The van der Waals surface area contributed by atoms with Gasteiger partial charge in [0.15, 0.2) is 0 Å². The Kier molecular flexibility index (Phi) is 6.29. The molecule has 0 saturated carbocycles. The van der Waals surface area contributed by atoms with Gasteiger partial charge in [-0.15, -0.1) is 0 Å². The normalized spacial score (nSPS) is 12.1. The van der Waals surface area contributed by atoms with Crippen molar-refractivity contribution in [2.45, 2.75) is 25.4 Å². The summed E-state index contributed by atoms with van der Waals surface area (Å²) in [6.07, 6.45) is 0.583. The third-order valence-electron chi connectivity index (χ3n) is 2.41. The lowest BCUT2D eigenvalue weighted by Crippen LogP contribution is -2.23. The van der Waals surface area contributed by atoms with E-state index >= 15 is 0 Å². The monoisotopic (exact) mass is 238 g/mol. The fourth-order valence-electron chi connectivity index (χ4n) is 1.47. The fraction of sp³-hybridized carbons (Fsp3) is 0.462. The van der Waals surface area contributed by atoms with Crippen molar-refractivity contribution in [2.24, 2.45) is 0 Å². The van der Waals surface area contributed by atoms with Gasteiger partial charge in [-0.1, -0.05) is 30.3 Å². The van der Waals surface area contributed by atoms with Crippen LogP contribution >= 0.6 is 0 Å². The van der Waals surface area contributed by atoms with Gasteiger partial charge in [0, 0.05) is 19.4 Å². The maximum absolute atomic E-state index is 11.4. The third kappa shape index (κ3) is 5.47. The van der Waals surface area contributed by atoms with E-state index in [1.54, 1.807) is 0 Å². The van der Waals surface area contributed by atoms with Gasteiger partial charge >= 0.3 is 5.97 Å². The number of hydrogen-bond donors (Lipinski definition) is 2. The number of esters is 1. The molecular formula is C13H18O4. The molecule has 2 N–H and O–H groups in total. The van der Waals surface area contributed by atoms with Gasteiger partial charge < -0.3 is 14.9 Å². The molecule has 0 amide bonds. The Morgan fingerprint density at radius 1 is 1.24 bits per heavy atom. The summed E-state index contributed by atoms with van der Waals surface area (Å²) in [5.74, 6) is -0.346. The van der Waals surface area contributed by atoms with Crippen molar-refractivity contribution in [1.82, 2.24) is 0 Å². The SMILES string of the molecule is O=C(CCc1ccccc1)OC(CO)CCO. The van der Waals surface area contributed by atoms with Crippen LogP contribution in [-0.2, 0) is 16.0 Å². The van der Waals surface area contributed by atoms with E-state index in [1.807, 2.05) is 30.3 Å². The number of ether oxygens (including phenoxy) is 1. The Hall–Kier alpha value is -1.39. The predicted octanol–water partition coefficient (Wildman–Crippen LogP) is 0.906. The Morgan fingerprint density at radius 2 is 1.94 bits per heavy atom. The number of aliphatic hydroxyl groups excluding tert-OH is 2. The van der Waals surface area contributed by atoms with E-state index in [4.69, 9.17) is 14.9 Å². The second-order valence-corrected chi connectivity index (χ2v) is 3.79. The third-order valence-corrected chi connectivity index (χ3v) is 2.41. The standard InChI is InChI=1S/C13H18O4/c14-9-8-12(10-15)17-13(16)7-6-11-4-2-1-3-5-11/h1-5,12,14-15H,6-10H2. The van der Waals surface area contributed by atoms with Crippen molar-refractivity contribution in [3.63, 3.8) is 0 Å². The zero-order valence-corrected chi connectivity index (χ0v) is 9.71. The Labute approximate surface area is 101 Å². The number of aryl methyl sites for hydroxylation is 1. The second-order valence-electron chi connectivity index (χ2n) is 3.79. The van der Waals surface area contributed by atoms with E-state index in [-0.39, 0.29) is 32.0 Å². The van der Waals surface area contributed by atoms with Gasteiger partial charge in [0.25, 0.3) is 0 Å². The largest absolute Gasteiger partial charge is 0.460 e. The maximum Gasteiger partial charge on any atom is 0.306 e. The highest BCUT2D eigenvalue weighted by Gasteiger charge is 2.12. The van der Waals surface area contributed by atoms with Crippen molar-refractivity contribution < 1.29 is 19.7 Å². The van der Waals surface area contributed by atoms with Gasteiger partial charge in [0.2, 0.25) is 0 Å². The summed E-state index contributed by atoms with van der Waals surface area (Å²) in [6.45, 7) is -0.352. The van der Waals surface area contributed by atoms with E-state index in [0.29, 0.717) is 6.42 Å². The lowest BCUT2D eigenvalue weighted by molar-refractivity contribution is -0.151. The number of carbonyl (C=O) groups is 1. The van der Waals surface area contributed by atoms with E-state index in [2.05, 4.69) is 0 Å². The van der Waals surface area contributed by atoms with Crippen LogP contribution in [0.4, 0.5) is 0 Å². The van der Waals surface area contributed by atoms with Crippen LogP contribution in [0.3, 0.4) is 0 Å². The van der Waals surface area contributed by atoms with Gasteiger partial charge in [-0.25, -0.2) is 0 Å². The van der Waals surface area contributed by atoms with Gasteiger partial charge in [-0.05, 0) is 12.0 Å². The minimum Gasteiger partial charge on any atom is -0.460 e. The number of carbonyl (C=O) groups excluding carboxylic acids is 1. The van der Waals surface area contributed by atoms with Gasteiger partial charge in [-0.3, -0.25) is 4.79 Å². The molecule has 1 rings (SSSR count). The molecule has 17 heavy (non-hydrogen) atoms. The first-order valence-corrected chi connectivity index (χ1v) is 5.71. The number of aliphatic hydroxyl groups is 2. The Bertz CT molecular complexity index is 323. The molecule has 0 heterocycles. The molecule has 0 saturated heterocycles. The molecule has 1 atom stereocenters. The summed E-state index contributed by atoms with van der Waals surface area (Å²) in [6, 6.07) is 9.66. The quantitative estimate of drug-likeness (QED) is 0.693. The molecular weight excluding hydrogens is 220 g/mol. The fourth-order valence-corrected chi connectivity index (χ4v) is 1.47. The maximum atomic E-state index is 11.4. The Balaban J connectivity index is 2.30. The van der Waals surface area contributed by atoms with Crippen LogP contribution in [-0.4, -0.2) is 35.5 Å². The van der Waals surface area contributed by atoms with Gasteiger partial charge in [0.05, 0.1) is 6.61 Å². The summed E-state index contributed by atoms with van der Waals surface area (Å²) in [5, 5.41) is 17.6. The van der Waals surface area contributed by atoms with E-state index in [1.165, 1.54) is 0 Å². The molecule has 0 bridgehead atoms. The molecule has 0 fully saturated rings. The average molecular weight is 238 g/mol. The highest BCUT2D eigenvalue weighted by Crippen LogP contribution is 2.05. The highest BCUT2D eigenvalue weighted by molar-refractivity contribution is 5.69. The number of hydrogen-bond acceptors (Lipinski definition) is 4. The van der Waals surface area contributed by atoms with E-state index < -0.39 is 6.10 Å². The molecule has 94 valence electrons. The van der Waals surface area contributed by atoms with E-state index in [9.17, 15) is 4.79 Å². The lowest BCUT2D eigenvalue weighted by Gasteiger charge is -2.14. The first-order valence-electron chi connectivity index (χ1n) is 5.71. The van der Waals surface area contributed by atoms with Crippen LogP contribution in [0.5, 0.6) is 0 Å². The minimum atomic E-state index is -0.594. The molecule has 0 aliphatic carbocycles. The van der Waals surface area contributed by atoms with Crippen molar-refractivity contribution >= 4 is 5.97 Å². The molecule has 1 aromatic carbocycles. The van der Waals surface area contributed by atoms with Crippen LogP contribution < -0.4 is 0 Å². The topological polar surface area (TPSA) is 66.8 Å². The smallest absolute Gasteiger partial charge is 0.306 e. The van der Waals surface area contributed by atoms with Crippen LogP contribution in [0.1, 0.15) is 18.4 Å². The lowest BCUT2D eigenvalue weighted by atomic mass is 10.1. The predicted molar refractivity (Wildman–Crippen MR) is 63.4 cm³/mol. The van der Waals surface area contributed by atoms with E-state index in [0.717, 1.165) is 5.56 Å². The first-order chi connectivity index (χ1) is 8.26. The minimum absolute atomic E-state index is 0.100. The molecule has 0 aliphatic heterocycles.